The Labute approximate surface area is 101 Å². The zero-order chi connectivity index (χ0) is 11.4. The molecule has 1 aliphatic rings. The Morgan fingerprint density at radius 3 is 2.80 bits per heavy atom. The van der Waals surface area contributed by atoms with Crippen LogP contribution < -0.4 is 0 Å². The third kappa shape index (κ3) is 3.45. The molecule has 1 aliphatic heterocycles. The minimum atomic E-state index is -0.0108. The Balaban J connectivity index is 2.63. The van der Waals surface area contributed by atoms with Gasteiger partial charge in [-0.3, -0.25) is 4.79 Å². The van der Waals surface area contributed by atoms with Crippen LogP contribution in [0.3, 0.4) is 0 Å². The number of carbonyl (C=O) groups excluding carboxylic acids is 1. The van der Waals surface area contributed by atoms with Crippen molar-refractivity contribution in [2.75, 3.05) is 26.7 Å². The van der Waals surface area contributed by atoms with Crippen LogP contribution in [0.5, 0.6) is 0 Å². The normalized spacial score (nSPS) is 26.1. The summed E-state index contributed by atoms with van der Waals surface area (Å²) in [7, 11) is 2.12. The Morgan fingerprint density at radius 1 is 1.53 bits per heavy atom. The summed E-state index contributed by atoms with van der Waals surface area (Å²) in [5.74, 6) is 0.250. The lowest BCUT2D eigenvalue weighted by Crippen LogP contribution is -2.45. The van der Waals surface area contributed by atoms with Gasteiger partial charge in [0, 0.05) is 19.1 Å². The Bertz CT molecular complexity index is 223. The molecule has 0 saturated carbocycles. The second-order valence-corrected chi connectivity index (χ2v) is 5.48. The van der Waals surface area contributed by atoms with E-state index in [2.05, 4.69) is 34.8 Å². The molecule has 1 saturated heterocycles. The third-order valence-electron chi connectivity index (χ3n) is 2.96. The maximum atomic E-state index is 12.1. The second-order valence-electron chi connectivity index (χ2n) is 4.37. The fourth-order valence-corrected chi connectivity index (χ4v) is 2.32. The van der Waals surface area contributed by atoms with Crippen LogP contribution in [0.1, 0.15) is 26.7 Å². The summed E-state index contributed by atoms with van der Waals surface area (Å²) in [6.07, 6.45) is 1.94. The molecule has 0 aromatic heterocycles. The van der Waals surface area contributed by atoms with Crippen LogP contribution in [0.2, 0.25) is 0 Å². The molecule has 0 aromatic rings. The van der Waals surface area contributed by atoms with E-state index >= 15 is 0 Å². The SMILES string of the molecule is CCC(Br)C(=O)N1CCCN(C)CC1C. The summed E-state index contributed by atoms with van der Waals surface area (Å²) < 4.78 is 0. The van der Waals surface area contributed by atoms with E-state index in [0.717, 1.165) is 32.5 Å². The van der Waals surface area contributed by atoms with E-state index in [-0.39, 0.29) is 10.7 Å². The summed E-state index contributed by atoms with van der Waals surface area (Å²) in [4.78, 5) is 16.4. The molecule has 0 aromatic carbocycles. The molecule has 2 unspecified atom stereocenters. The molecule has 0 spiro atoms. The molecule has 1 fully saturated rings. The van der Waals surface area contributed by atoms with Crippen LogP contribution >= 0.6 is 15.9 Å². The first-order valence-electron chi connectivity index (χ1n) is 5.69. The van der Waals surface area contributed by atoms with Gasteiger partial charge in [-0.05, 0) is 33.4 Å². The summed E-state index contributed by atoms with van der Waals surface area (Å²) in [5.41, 5.74) is 0. The van der Waals surface area contributed by atoms with E-state index in [1.54, 1.807) is 0 Å². The highest BCUT2D eigenvalue weighted by molar-refractivity contribution is 9.10. The van der Waals surface area contributed by atoms with E-state index in [9.17, 15) is 4.79 Å². The zero-order valence-electron chi connectivity index (χ0n) is 9.87. The summed E-state index contributed by atoms with van der Waals surface area (Å²) in [6.45, 7) is 7.13. The van der Waals surface area contributed by atoms with Gasteiger partial charge >= 0.3 is 0 Å². The molecule has 2 atom stereocenters. The predicted molar refractivity (Wildman–Crippen MR) is 66.3 cm³/mol. The molecule has 0 bridgehead atoms. The van der Waals surface area contributed by atoms with Crippen molar-refractivity contribution in [1.29, 1.82) is 0 Å². The van der Waals surface area contributed by atoms with Gasteiger partial charge in [0.1, 0.15) is 0 Å². The lowest BCUT2D eigenvalue weighted by Gasteiger charge is -2.29. The highest BCUT2D eigenvalue weighted by Gasteiger charge is 2.27. The van der Waals surface area contributed by atoms with Gasteiger partial charge in [-0.15, -0.1) is 0 Å². The average Bonchev–Trinajstić information content (AvgIpc) is 2.37. The first-order chi connectivity index (χ1) is 7.06. The molecule has 1 heterocycles. The lowest BCUT2D eigenvalue weighted by atomic mass is 10.2. The highest BCUT2D eigenvalue weighted by atomic mass is 79.9. The van der Waals surface area contributed by atoms with Crippen LogP contribution in [0.4, 0.5) is 0 Å². The molecule has 4 heteroatoms. The van der Waals surface area contributed by atoms with E-state index < -0.39 is 0 Å². The number of carbonyl (C=O) groups is 1. The van der Waals surface area contributed by atoms with Gasteiger partial charge in [-0.25, -0.2) is 0 Å². The molecule has 1 amide bonds. The van der Waals surface area contributed by atoms with Gasteiger partial charge < -0.3 is 9.80 Å². The second kappa shape index (κ2) is 5.85. The number of likely N-dealkylation sites (N-methyl/N-ethyl adjacent to an activating group) is 1. The Morgan fingerprint density at radius 2 is 2.20 bits per heavy atom. The fourth-order valence-electron chi connectivity index (χ4n) is 2.05. The van der Waals surface area contributed by atoms with Gasteiger partial charge in [0.05, 0.1) is 4.83 Å². The number of rotatable bonds is 2. The maximum absolute atomic E-state index is 12.1. The minimum absolute atomic E-state index is 0.0108. The van der Waals surface area contributed by atoms with Crippen molar-refractivity contribution in [1.82, 2.24) is 9.80 Å². The number of halogens is 1. The quantitative estimate of drug-likeness (QED) is 0.717. The van der Waals surface area contributed by atoms with Crippen molar-refractivity contribution < 1.29 is 4.79 Å². The number of alkyl halides is 1. The van der Waals surface area contributed by atoms with E-state index in [4.69, 9.17) is 0 Å². The molecule has 0 radical (unpaired) electrons. The van der Waals surface area contributed by atoms with Crippen LogP contribution in [-0.2, 0) is 4.79 Å². The average molecular weight is 277 g/mol. The largest absolute Gasteiger partial charge is 0.338 e. The monoisotopic (exact) mass is 276 g/mol. The van der Waals surface area contributed by atoms with Crippen LogP contribution in [0.15, 0.2) is 0 Å². The first kappa shape index (κ1) is 13.0. The van der Waals surface area contributed by atoms with Crippen molar-refractivity contribution in [3.8, 4) is 0 Å². The van der Waals surface area contributed by atoms with Crippen molar-refractivity contribution >= 4 is 21.8 Å². The molecule has 0 aliphatic carbocycles. The van der Waals surface area contributed by atoms with Gasteiger partial charge in [0.15, 0.2) is 0 Å². The van der Waals surface area contributed by atoms with E-state index in [1.165, 1.54) is 0 Å². The lowest BCUT2D eigenvalue weighted by molar-refractivity contribution is -0.132. The van der Waals surface area contributed by atoms with Crippen molar-refractivity contribution in [3.05, 3.63) is 0 Å². The number of amides is 1. The number of hydrogen-bond acceptors (Lipinski definition) is 2. The molecular weight excluding hydrogens is 256 g/mol. The summed E-state index contributed by atoms with van der Waals surface area (Å²) in [6, 6.07) is 0.330. The predicted octanol–water partition coefficient (Wildman–Crippen LogP) is 1.71. The molecule has 0 N–H and O–H groups in total. The first-order valence-corrected chi connectivity index (χ1v) is 6.61. The zero-order valence-corrected chi connectivity index (χ0v) is 11.5. The highest BCUT2D eigenvalue weighted by Crippen LogP contribution is 2.15. The van der Waals surface area contributed by atoms with Crippen LogP contribution in [0.25, 0.3) is 0 Å². The van der Waals surface area contributed by atoms with Gasteiger partial charge in [-0.1, -0.05) is 22.9 Å². The summed E-state index contributed by atoms with van der Waals surface area (Å²) >= 11 is 3.44. The third-order valence-corrected chi connectivity index (χ3v) is 4.00. The fraction of sp³-hybridized carbons (Fsp3) is 0.909. The molecule has 1 rings (SSSR count). The maximum Gasteiger partial charge on any atom is 0.236 e. The van der Waals surface area contributed by atoms with Crippen LogP contribution in [0, 0.1) is 0 Å². The van der Waals surface area contributed by atoms with Crippen molar-refractivity contribution in [3.63, 3.8) is 0 Å². The van der Waals surface area contributed by atoms with E-state index in [0.29, 0.717) is 6.04 Å². The Kier molecular flexibility index (Phi) is 5.06. The van der Waals surface area contributed by atoms with Gasteiger partial charge in [0.25, 0.3) is 0 Å². The van der Waals surface area contributed by atoms with Crippen molar-refractivity contribution in [2.45, 2.75) is 37.6 Å². The summed E-state index contributed by atoms with van der Waals surface area (Å²) in [5, 5.41) is 0. The number of nitrogens with zero attached hydrogens (tertiary/aromatic N) is 2. The number of hydrogen-bond donors (Lipinski definition) is 0. The van der Waals surface area contributed by atoms with Crippen LogP contribution in [-0.4, -0.2) is 53.3 Å². The molecule has 3 nitrogen and oxygen atoms in total. The standard InChI is InChI=1S/C11H21BrN2O/c1-4-10(12)11(15)14-7-5-6-13(3)8-9(14)2/h9-10H,4-8H2,1-3H3. The minimum Gasteiger partial charge on any atom is -0.338 e. The van der Waals surface area contributed by atoms with Gasteiger partial charge in [0.2, 0.25) is 5.91 Å². The molecule has 88 valence electrons. The van der Waals surface area contributed by atoms with E-state index in [1.807, 2.05) is 11.8 Å². The Hall–Kier alpha value is -0.0900. The smallest absolute Gasteiger partial charge is 0.236 e. The topological polar surface area (TPSA) is 23.6 Å². The molecule has 15 heavy (non-hydrogen) atoms. The van der Waals surface area contributed by atoms with Crippen molar-refractivity contribution in [2.24, 2.45) is 0 Å². The molecular formula is C11H21BrN2O. The van der Waals surface area contributed by atoms with Gasteiger partial charge in [-0.2, -0.15) is 0 Å².